The van der Waals surface area contributed by atoms with Crippen molar-refractivity contribution in [3.63, 3.8) is 0 Å². The third-order valence-electron chi connectivity index (χ3n) is 9.01. The monoisotopic (exact) mass is 755 g/mol. The molecule has 0 spiro atoms. The molecular weight excluding hydrogens is 716 g/mol. The van der Waals surface area contributed by atoms with Gasteiger partial charge in [0, 0.05) is 67.1 Å². The Kier molecular flexibility index (Phi) is 12.4. The zero-order valence-electron chi connectivity index (χ0n) is 29.9. The molecule has 7 rings (SSSR count). The number of hydrogen-bond acceptors (Lipinski definition) is 10. The van der Waals surface area contributed by atoms with E-state index in [-0.39, 0.29) is 17.0 Å². The van der Waals surface area contributed by atoms with Crippen LogP contribution in [-0.4, -0.2) is 84.3 Å². The van der Waals surface area contributed by atoms with Crippen molar-refractivity contribution in [3.05, 3.63) is 109 Å². The molecule has 1 saturated heterocycles. The van der Waals surface area contributed by atoms with Crippen molar-refractivity contribution < 1.29 is 47.2 Å². The van der Waals surface area contributed by atoms with E-state index in [1.807, 2.05) is 0 Å². The lowest BCUT2D eigenvalue weighted by Gasteiger charge is -2.26. The average Bonchev–Trinajstić information content (AvgIpc) is 4.02. The fourth-order valence-corrected chi connectivity index (χ4v) is 5.77. The number of nitrogens with one attached hydrogen (secondary N) is 2. The number of aromatic carboxylic acids is 1. The summed E-state index contributed by atoms with van der Waals surface area (Å²) in [7, 11) is 1.55. The molecule has 0 radical (unpaired) electrons. The number of aromatic nitrogens is 2. The Morgan fingerprint density at radius 2 is 1.60 bits per heavy atom. The normalized spacial score (nSPS) is 14.5. The summed E-state index contributed by atoms with van der Waals surface area (Å²) in [6.07, 6.45) is 5.93. The largest absolute Gasteiger partial charge is 0.493 e. The van der Waals surface area contributed by atoms with Crippen LogP contribution in [0.4, 0.5) is 20.2 Å². The number of benzene rings is 3. The number of carbonyl (C=O) groups excluding carboxylic acids is 2. The second kappa shape index (κ2) is 17.8. The molecule has 286 valence electrons. The van der Waals surface area contributed by atoms with E-state index >= 15 is 4.39 Å². The number of amides is 2. The van der Waals surface area contributed by atoms with Crippen molar-refractivity contribution in [2.75, 3.05) is 57.2 Å². The Hall–Kier alpha value is -6.19. The van der Waals surface area contributed by atoms with Crippen LogP contribution in [0.15, 0.2) is 91.4 Å². The highest BCUT2D eigenvalue weighted by Gasteiger charge is 2.56. The van der Waals surface area contributed by atoms with Crippen LogP contribution in [-0.2, 0) is 14.3 Å². The first-order valence-electron chi connectivity index (χ1n) is 17.5. The molecule has 5 aromatic rings. The van der Waals surface area contributed by atoms with E-state index in [0.29, 0.717) is 53.3 Å². The van der Waals surface area contributed by atoms with E-state index in [0.717, 1.165) is 45.3 Å². The molecule has 2 aliphatic rings. The number of methoxy groups -OCH3 is 1. The van der Waals surface area contributed by atoms with E-state index in [1.165, 1.54) is 54.9 Å². The summed E-state index contributed by atoms with van der Waals surface area (Å²) >= 11 is 0. The first kappa shape index (κ1) is 38.5. The highest BCUT2D eigenvalue weighted by Crippen LogP contribution is 2.47. The molecule has 1 saturated carbocycles. The van der Waals surface area contributed by atoms with Crippen molar-refractivity contribution in [2.45, 2.75) is 19.3 Å². The van der Waals surface area contributed by atoms with Crippen LogP contribution in [0.25, 0.3) is 10.9 Å². The molecule has 3 heterocycles. The lowest BCUT2D eigenvalue weighted by molar-refractivity contribution is -0.131. The van der Waals surface area contributed by atoms with E-state index in [2.05, 4.69) is 25.5 Å². The van der Waals surface area contributed by atoms with Crippen LogP contribution in [0.3, 0.4) is 0 Å². The standard InChI is InChI=1S/C34H34F2N4O6.C6H5NO2/c1-43-30-20-25-27(21-31(30)45-16-2-13-40-14-17-44-18-15-40)37-12-9-28(25)46-29-8-7-24(19-26(29)36)39-33(42)34(10-11-34)32(41)38-23-5-3-22(35)4-6-23;8-6(9)5-2-1-3-7-4-5/h3-9,12,19-21H,2,10-11,13-18H2,1H3,(H,38,41)(H,39,42);1-4H,(H,8,9). The van der Waals surface area contributed by atoms with E-state index in [9.17, 15) is 18.8 Å². The van der Waals surface area contributed by atoms with Crippen molar-refractivity contribution in [1.82, 2.24) is 14.9 Å². The summed E-state index contributed by atoms with van der Waals surface area (Å²) in [5.41, 5.74) is 0.0761. The maximum atomic E-state index is 15.2. The molecule has 15 heteroatoms. The van der Waals surface area contributed by atoms with Crippen LogP contribution in [0.5, 0.6) is 23.0 Å². The van der Waals surface area contributed by atoms with Crippen molar-refractivity contribution in [1.29, 1.82) is 0 Å². The number of carboxylic acids is 1. The summed E-state index contributed by atoms with van der Waals surface area (Å²) in [5, 5.41) is 14.2. The van der Waals surface area contributed by atoms with Crippen molar-refractivity contribution in [2.24, 2.45) is 5.41 Å². The van der Waals surface area contributed by atoms with Gasteiger partial charge in [-0.1, -0.05) is 0 Å². The lowest BCUT2D eigenvalue weighted by Crippen LogP contribution is -2.37. The smallest absolute Gasteiger partial charge is 0.337 e. The Morgan fingerprint density at radius 3 is 2.24 bits per heavy atom. The summed E-state index contributed by atoms with van der Waals surface area (Å²) in [4.78, 5) is 46.5. The Labute approximate surface area is 315 Å². The average molecular weight is 756 g/mol. The van der Waals surface area contributed by atoms with Gasteiger partial charge in [0.1, 0.15) is 17.0 Å². The number of nitrogens with zero attached hydrogens (tertiary/aromatic N) is 3. The summed E-state index contributed by atoms with van der Waals surface area (Å²) < 4.78 is 51.4. The SMILES string of the molecule is COc1cc2c(Oc3ccc(NC(=O)C4(C(=O)Nc5ccc(F)cc5)CC4)cc3F)ccnc2cc1OCCCN1CCOCC1.O=C(O)c1cccnc1. The number of halogens is 2. The fourth-order valence-electron chi connectivity index (χ4n) is 5.77. The van der Waals surface area contributed by atoms with Gasteiger partial charge in [-0.3, -0.25) is 24.5 Å². The minimum absolute atomic E-state index is 0.0666. The van der Waals surface area contributed by atoms with Gasteiger partial charge in [0.15, 0.2) is 23.1 Å². The van der Waals surface area contributed by atoms with Crippen LogP contribution < -0.4 is 24.8 Å². The second-order valence-corrected chi connectivity index (χ2v) is 12.8. The van der Waals surface area contributed by atoms with Crippen LogP contribution in [0, 0.1) is 17.0 Å². The number of carboxylic acid groups (broad SMARTS) is 1. The van der Waals surface area contributed by atoms with Crippen LogP contribution in [0.2, 0.25) is 0 Å². The molecule has 2 fully saturated rings. The minimum atomic E-state index is -1.28. The minimum Gasteiger partial charge on any atom is -0.493 e. The number of hydrogen-bond donors (Lipinski definition) is 3. The number of ether oxygens (including phenoxy) is 4. The molecular formula is C40H39F2N5O8. The molecule has 0 unspecified atom stereocenters. The fraction of sp³-hybridized carbons (Fsp3) is 0.275. The number of fused-ring (bicyclic) bond motifs is 1. The van der Waals surface area contributed by atoms with Crippen molar-refractivity contribution >= 4 is 40.1 Å². The number of pyridine rings is 2. The molecule has 0 bridgehead atoms. The summed E-state index contributed by atoms with van der Waals surface area (Å²) in [6.45, 7) is 4.76. The Bertz CT molecular complexity index is 2130. The third kappa shape index (κ3) is 9.87. The van der Waals surface area contributed by atoms with Gasteiger partial charge in [-0.15, -0.1) is 0 Å². The molecule has 2 aromatic heterocycles. The number of rotatable bonds is 13. The third-order valence-corrected chi connectivity index (χ3v) is 9.01. The van der Waals surface area contributed by atoms with E-state index in [4.69, 9.17) is 24.1 Å². The summed E-state index contributed by atoms with van der Waals surface area (Å²) in [5.74, 6) is -1.81. The number of morpholine rings is 1. The zero-order chi connectivity index (χ0) is 38.8. The predicted molar refractivity (Wildman–Crippen MR) is 199 cm³/mol. The molecule has 13 nitrogen and oxygen atoms in total. The van der Waals surface area contributed by atoms with Gasteiger partial charge >= 0.3 is 5.97 Å². The van der Waals surface area contributed by atoms with E-state index in [1.54, 1.807) is 37.6 Å². The molecule has 1 aliphatic carbocycles. The quantitative estimate of drug-likeness (QED) is 0.0883. The molecule has 1 aliphatic heterocycles. The van der Waals surface area contributed by atoms with Gasteiger partial charge < -0.3 is 34.7 Å². The lowest BCUT2D eigenvalue weighted by atomic mass is 10.0. The van der Waals surface area contributed by atoms with Gasteiger partial charge in [0.2, 0.25) is 11.8 Å². The second-order valence-electron chi connectivity index (χ2n) is 12.8. The topological polar surface area (TPSA) is 161 Å². The highest BCUT2D eigenvalue weighted by molar-refractivity contribution is 6.16. The maximum absolute atomic E-state index is 15.2. The van der Waals surface area contributed by atoms with Crippen molar-refractivity contribution in [3.8, 4) is 23.0 Å². The molecule has 55 heavy (non-hydrogen) atoms. The van der Waals surface area contributed by atoms with Crippen LogP contribution in [0.1, 0.15) is 29.6 Å². The Morgan fingerprint density at radius 1 is 0.873 bits per heavy atom. The first-order valence-corrected chi connectivity index (χ1v) is 17.5. The van der Waals surface area contributed by atoms with Gasteiger partial charge in [-0.25, -0.2) is 13.6 Å². The van der Waals surface area contributed by atoms with E-state index < -0.39 is 34.8 Å². The van der Waals surface area contributed by atoms with Gasteiger partial charge in [0.25, 0.3) is 0 Å². The first-order chi connectivity index (χ1) is 26.6. The predicted octanol–water partition coefficient (Wildman–Crippen LogP) is 6.55. The van der Waals surface area contributed by atoms with Crippen LogP contribution >= 0.6 is 0 Å². The van der Waals surface area contributed by atoms with Gasteiger partial charge in [-0.2, -0.15) is 0 Å². The number of anilines is 2. The number of carbonyl (C=O) groups is 3. The summed E-state index contributed by atoms with van der Waals surface area (Å²) in [6, 6.07) is 17.5. The maximum Gasteiger partial charge on any atom is 0.337 e. The highest BCUT2D eigenvalue weighted by atomic mass is 19.1. The molecule has 2 amide bonds. The molecule has 0 atom stereocenters. The van der Waals surface area contributed by atoms with Gasteiger partial charge in [0.05, 0.1) is 38.0 Å². The zero-order valence-corrected chi connectivity index (χ0v) is 29.9. The Balaban J connectivity index is 0.000000502. The molecule has 3 N–H and O–H groups in total. The van der Waals surface area contributed by atoms with Gasteiger partial charge in [-0.05, 0) is 79.9 Å². The molecule has 3 aromatic carbocycles.